The first-order valence-electron chi connectivity index (χ1n) is 2.82. The molecule has 1 aromatic rings. The lowest BCUT2D eigenvalue weighted by atomic mass is 10.4. The number of hydrogen-bond acceptors (Lipinski definition) is 2. The van der Waals surface area contributed by atoms with Gasteiger partial charge in [0.15, 0.2) is 0 Å². The standard InChI is InChI=1S/C5H4F4N2O/c1-11-4(12)2(6)3(10-11)5(7,8)9/h12H,1H3. The summed E-state index contributed by atoms with van der Waals surface area (Å²) in [4.78, 5) is 0. The molecule has 0 bridgehead atoms. The molecule has 0 aliphatic heterocycles. The van der Waals surface area contributed by atoms with Gasteiger partial charge in [0, 0.05) is 7.05 Å². The molecule has 1 aromatic heterocycles. The van der Waals surface area contributed by atoms with Crippen LogP contribution in [0.25, 0.3) is 0 Å². The van der Waals surface area contributed by atoms with Crippen LogP contribution in [-0.4, -0.2) is 14.9 Å². The average Bonchev–Trinajstić information content (AvgIpc) is 2.15. The molecule has 68 valence electrons. The van der Waals surface area contributed by atoms with Gasteiger partial charge in [-0.25, -0.2) is 4.68 Å². The summed E-state index contributed by atoms with van der Waals surface area (Å²) < 4.78 is 48.3. The summed E-state index contributed by atoms with van der Waals surface area (Å²) in [5.41, 5.74) is -1.71. The normalized spacial score (nSPS) is 12.1. The van der Waals surface area contributed by atoms with E-state index in [1.54, 1.807) is 0 Å². The van der Waals surface area contributed by atoms with Gasteiger partial charge < -0.3 is 5.11 Å². The predicted molar refractivity (Wildman–Crippen MR) is 29.8 cm³/mol. The number of hydrogen-bond donors (Lipinski definition) is 1. The Morgan fingerprint density at radius 2 is 1.92 bits per heavy atom. The molecule has 0 radical (unpaired) electrons. The molecule has 0 atom stereocenters. The number of aryl methyl sites for hydroxylation is 1. The molecule has 1 heterocycles. The molecule has 0 fully saturated rings. The van der Waals surface area contributed by atoms with Crippen molar-refractivity contribution in [2.24, 2.45) is 7.05 Å². The van der Waals surface area contributed by atoms with Crippen LogP contribution in [0.5, 0.6) is 5.88 Å². The third kappa shape index (κ3) is 1.21. The molecule has 7 heteroatoms. The maximum Gasteiger partial charge on any atom is 0.438 e. The van der Waals surface area contributed by atoms with Crippen molar-refractivity contribution in [3.05, 3.63) is 11.5 Å². The Morgan fingerprint density at radius 1 is 1.42 bits per heavy atom. The van der Waals surface area contributed by atoms with Crippen molar-refractivity contribution in [3.63, 3.8) is 0 Å². The molecule has 0 unspecified atom stereocenters. The van der Waals surface area contributed by atoms with E-state index >= 15 is 0 Å². The van der Waals surface area contributed by atoms with E-state index in [1.165, 1.54) is 0 Å². The third-order valence-corrected chi connectivity index (χ3v) is 1.23. The number of aromatic nitrogens is 2. The van der Waals surface area contributed by atoms with Crippen molar-refractivity contribution in [1.82, 2.24) is 9.78 Å². The first-order valence-corrected chi connectivity index (χ1v) is 2.82. The molecule has 0 saturated carbocycles. The lowest BCUT2D eigenvalue weighted by Gasteiger charge is -1.99. The second kappa shape index (κ2) is 2.36. The minimum atomic E-state index is -4.87. The van der Waals surface area contributed by atoms with Gasteiger partial charge in [-0.3, -0.25) is 0 Å². The van der Waals surface area contributed by atoms with Gasteiger partial charge in [-0.15, -0.1) is 0 Å². The second-order valence-electron chi connectivity index (χ2n) is 2.11. The largest absolute Gasteiger partial charge is 0.491 e. The van der Waals surface area contributed by atoms with E-state index < -0.39 is 23.6 Å². The molecule has 1 N–H and O–H groups in total. The molecule has 0 spiro atoms. The van der Waals surface area contributed by atoms with Gasteiger partial charge in [0.25, 0.3) is 0 Å². The molecule has 0 aromatic carbocycles. The lowest BCUT2D eigenvalue weighted by Crippen LogP contribution is -2.08. The Balaban J connectivity index is 3.28. The highest BCUT2D eigenvalue weighted by Gasteiger charge is 2.39. The van der Waals surface area contributed by atoms with Gasteiger partial charge >= 0.3 is 6.18 Å². The van der Waals surface area contributed by atoms with E-state index in [4.69, 9.17) is 5.11 Å². The summed E-state index contributed by atoms with van der Waals surface area (Å²) in [6.45, 7) is 0. The molecule has 1 rings (SSSR count). The Kier molecular flexibility index (Phi) is 1.73. The first-order chi connectivity index (χ1) is 5.34. The van der Waals surface area contributed by atoms with Crippen LogP contribution in [0.3, 0.4) is 0 Å². The zero-order valence-corrected chi connectivity index (χ0v) is 5.85. The Labute approximate surface area is 64.2 Å². The summed E-state index contributed by atoms with van der Waals surface area (Å²) in [7, 11) is 1.01. The molecule has 3 nitrogen and oxygen atoms in total. The SMILES string of the molecule is Cn1nc(C(F)(F)F)c(F)c1O. The monoisotopic (exact) mass is 184 g/mol. The van der Waals surface area contributed by atoms with Gasteiger partial charge in [-0.05, 0) is 0 Å². The van der Waals surface area contributed by atoms with E-state index in [0.29, 0.717) is 4.68 Å². The summed E-state index contributed by atoms with van der Waals surface area (Å²) in [5.74, 6) is -2.87. The van der Waals surface area contributed by atoms with E-state index in [1.807, 2.05) is 0 Å². The van der Waals surface area contributed by atoms with Gasteiger partial charge in [-0.1, -0.05) is 0 Å². The van der Waals surface area contributed by atoms with Crippen LogP contribution in [0.2, 0.25) is 0 Å². The van der Waals surface area contributed by atoms with Gasteiger partial charge in [-0.2, -0.15) is 22.7 Å². The molecule has 0 aliphatic rings. The van der Waals surface area contributed by atoms with Crippen molar-refractivity contribution in [2.45, 2.75) is 6.18 Å². The number of rotatable bonds is 0. The first kappa shape index (κ1) is 8.82. The van der Waals surface area contributed by atoms with E-state index in [-0.39, 0.29) is 0 Å². The van der Waals surface area contributed by atoms with Crippen LogP contribution in [0.4, 0.5) is 17.6 Å². The molecule has 0 aliphatic carbocycles. The number of aromatic hydroxyl groups is 1. The van der Waals surface area contributed by atoms with E-state index in [0.717, 1.165) is 7.05 Å². The topological polar surface area (TPSA) is 38.0 Å². The molecule has 12 heavy (non-hydrogen) atoms. The zero-order chi connectivity index (χ0) is 9.52. The molecule has 0 amide bonds. The van der Waals surface area contributed by atoms with E-state index in [2.05, 4.69) is 5.10 Å². The van der Waals surface area contributed by atoms with Crippen molar-refractivity contribution in [3.8, 4) is 5.88 Å². The van der Waals surface area contributed by atoms with Gasteiger partial charge in [0.1, 0.15) is 0 Å². The Bertz CT molecular complexity index is 303. The second-order valence-corrected chi connectivity index (χ2v) is 2.11. The number of nitrogens with zero attached hydrogens (tertiary/aromatic N) is 2. The van der Waals surface area contributed by atoms with E-state index in [9.17, 15) is 17.6 Å². The summed E-state index contributed by atoms with van der Waals surface area (Å²) in [6.07, 6.45) is -4.87. The molecule has 0 saturated heterocycles. The van der Waals surface area contributed by atoms with Crippen LogP contribution in [0.1, 0.15) is 5.69 Å². The number of alkyl halides is 3. The third-order valence-electron chi connectivity index (χ3n) is 1.23. The fourth-order valence-electron chi connectivity index (χ4n) is 0.670. The van der Waals surface area contributed by atoms with Crippen molar-refractivity contribution >= 4 is 0 Å². The van der Waals surface area contributed by atoms with Crippen LogP contribution in [0, 0.1) is 5.82 Å². The minimum absolute atomic E-state index is 0.415. The highest BCUT2D eigenvalue weighted by Crippen LogP contribution is 2.33. The highest BCUT2D eigenvalue weighted by atomic mass is 19.4. The summed E-state index contributed by atoms with van der Waals surface area (Å²) in [5, 5.41) is 11.4. The predicted octanol–water partition coefficient (Wildman–Crippen LogP) is 1.28. The Morgan fingerprint density at radius 3 is 2.08 bits per heavy atom. The fourth-order valence-corrected chi connectivity index (χ4v) is 0.670. The maximum absolute atomic E-state index is 12.5. The van der Waals surface area contributed by atoms with Crippen LogP contribution in [-0.2, 0) is 13.2 Å². The van der Waals surface area contributed by atoms with Crippen molar-refractivity contribution < 1.29 is 22.7 Å². The fraction of sp³-hybridized carbons (Fsp3) is 0.400. The van der Waals surface area contributed by atoms with Crippen molar-refractivity contribution in [2.75, 3.05) is 0 Å². The van der Waals surface area contributed by atoms with Gasteiger partial charge in [0.2, 0.25) is 17.4 Å². The smallest absolute Gasteiger partial charge is 0.438 e. The summed E-state index contributed by atoms with van der Waals surface area (Å²) in [6, 6.07) is 0. The van der Waals surface area contributed by atoms with Crippen LogP contribution in [0.15, 0.2) is 0 Å². The van der Waals surface area contributed by atoms with Crippen LogP contribution < -0.4 is 0 Å². The number of halogens is 4. The minimum Gasteiger partial charge on any atom is -0.491 e. The molecular formula is C5H4F4N2O. The van der Waals surface area contributed by atoms with Crippen molar-refractivity contribution in [1.29, 1.82) is 0 Å². The quantitative estimate of drug-likeness (QED) is 0.617. The van der Waals surface area contributed by atoms with Crippen LogP contribution >= 0.6 is 0 Å². The Hall–Kier alpha value is -1.27. The highest BCUT2D eigenvalue weighted by molar-refractivity contribution is 5.19. The summed E-state index contributed by atoms with van der Waals surface area (Å²) >= 11 is 0. The lowest BCUT2D eigenvalue weighted by molar-refractivity contribution is -0.143. The zero-order valence-electron chi connectivity index (χ0n) is 5.85. The molecular weight excluding hydrogens is 180 g/mol. The van der Waals surface area contributed by atoms with Gasteiger partial charge in [0.05, 0.1) is 0 Å². The maximum atomic E-state index is 12.5. The average molecular weight is 184 g/mol.